The number of aliphatic carboxylic acids is 1. The molecule has 0 radical (unpaired) electrons. The minimum atomic E-state index is -0.787. The highest BCUT2D eigenvalue weighted by Gasteiger charge is 2.02. The fourth-order valence-corrected chi connectivity index (χ4v) is 1.46. The summed E-state index contributed by atoms with van der Waals surface area (Å²) in [5.74, 6) is -0.258. The third kappa shape index (κ3) is 2.54. The minimum absolute atomic E-state index is 0.150. The molecule has 0 saturated carbocycles. The van der Waals surface area contributed by atoms with Crippen molar-refractivity contribution in [3.63, 3.8) is 0 Å². The Morgan fingerprint density at radius 3 is 3.08 bits per heavy atom. The van der Waals surface area contributed by atoms with Gasteiger partial charge in [0.25, 0.3) is 0 Å². The molecule has 6 heteroatoms. The van der Waals surface area contributed by atoms with Crippen molar-refractivity contribution in [1.29, 1.82) is 0 Å². The van der Waals surface area contributed by atoms with E-state index in [2.05, 4.69) is 10.1 Å². The van der Waals surface area contributed by atoms with Crippen molar-refractivity contribution in [2.75, 3.05) is 5.75 Å². The molecule has 0 aliphatic heterocycles. The van der Waals surface area contributed by atoms with Crippen LogP contribution in [0.25, 0.3) is 0 Å². The van der Waals surface area contributed by atoms with Crippen LogP contribution in [-0.2, 0) is 11.8 Å². The van der Waals surface area contributed by atoms with Crippen LogP contribution in [0.15, 0.2) is 11.5 Å². The molecule has 0 spiro atoms. The van der Waals surface area contributed by atoms with Crippen molar-refractivity contribution in [3.8, 4) is 0 Å². The summed E-state index contributed by atoms with van der Waals surface area (Å²) in [6.45, 7) is 0. The monoisotopic (exact) mass is 187 g/mol. The largest absolute Gasteiger partial charge is 0.481 e. The number of carboxylic acids is 1. The Hall–Kier alpha value is -1.04. The maximum atomic E-state index is 10.2. The van der Waals surface area contributed by atoms with Gasteiger partial charge in [-0.25, -0.2) is 9.67 Å². The summed E-state index contributed by atoms with van der Waals surface area (Å²) >= 11 is 1.39. The molecule has 0 saturated heterocycles. The van der Waals surface area contributed by atoms with Gasteiger partial charge in [0.1, 0.15) is 6.33 Å². The van der Waals surface area contributed by atoms with Crippen LogP contribution in [0.2, 0.25) is 0 Å². The first-order valence-corrected chi connectivity index (χ1v) is 4.37. The molecule has 0 aliphatic carbocycles. The number of hydrogen-bond acceptors (Lipinski definition) is 4. The lowest BCUT2D eigenvalue weighted by molar-refractivity contribution is -0.136. The van der Waals surface area contributed by atoms with Gasteiger partial charge < -0.3 is 5.11 Å². The zero-order valence-corrected chi connectivity index (χ0v) is 7.41. The van der Waals surface area contributed by atoms with Crippen LogP contribution >= 0.6 is 11.8 Å². The molecule has 66 valence electrons. The molecule has 0 aliphatic rings. The molecule has 0 unspecified atom stereocenters. The number of hydrogen-bond donors (Lipinski definition) is 1. The summed E-state index contributed by atoms with van der Waals surface area (Å²) in [4.78, 5) is 14.1. The van der Waals surface area contributed by atoms with Crippen molar-refractivity contribution in [1.82, 2.24) is 14.8 Å². The van der Waals surface area contributed by atoms with Crippen LogP contribution in [0.3, 0.4) is 0 Å². The van der Waals surface area contributed by atoms with Crippen molar-refractivity contribution in [2.45, 2.75) is 11.6 Å². The molecular weight excluding hydrogens is 178 g/mol. The number of rotatable bonds is 4. The number of aryl methyl sites for hydroxylation is 1. The zero-order chi connectivity index (χ0) is 8.97. The van der Waals surface area contributed by atoms with Gasteiger partial charge >= 0.3 is 5.97 Å². The quantitative estimate of drug-likeness (QED) is 0.690. The van der Waals surface area contributed by atoms with Gasteiger partial charge in [-0.2, -0.15) is 5.10 Å². The molecular formula is C6H9N3O2S. The van der Waals surface area contributed by atoms with E-state index in [1.54, 1.807) is 11.7 Å². The van der Waals surface area contributed by atoms with E-state index in [4.69, 9.17) is 5.11 Å². The zero-order valence-electron chi connectivity index (χ0n) is 6.60. The number of carbonyl (C=O) groups is 1. The molecule has 12 heavy (non-hydrogen) atoms. The average Bonchev–Trinajstić information content (AvgIpc) is 2.36. The fourth-order valence-electron chi connectivity index (χ4n) is 0.646. The van der Waals surface area contributed by atoms with Gasteiger partial charge in [0.2, 0.25) is 0 Å². The number of aromatic nitrogens is 3. The first-order chi connectivity index (χ1) is 5.70. The van der Waals surface area contributed by atoms with E-state index in [-0.39, 0.29) is 6.42 Å². The number of thioether (sulfide) groups is 1. The SMILES string of the molecule is Cn1ncnc1SCCC(=O)O. The molecule has 0 atom stereocenters. The Bertz CT molecular complexity index is 274. The average molecular weight is 187 g/mol. The van der Waals surface area contributed by atoms with Crippen LogP contribution in [0, 0.1) is 0 Å². The third-order valence-electron chi connectivity index (χ3n) is 1.22. The minimum Gasteiger partial charge on any atom is -0.481 e. The summed E-state index contributed by atoms with van der Waals surface area (Å²) in [7, 11) is 1.77. The molecule has 0 aromatic carbocycles. The Balaban J connectivity index is 2.33. The molecule has 1 heterocycles. The molecule has 1 aromatic heterocycles. The third-order valence-corrected chi connectivity index (χ3v) is 2.25. The van der Waals surface area contributed by atoms with E-state index in [9.17, 15) is 4.79 Å². The van der Waals surface area contributed by atoms with E-state index in [0.29, 0.717) is 5.75 Å². The highest BCUT2D eigenvalue weighted by Crippen LogP contribution is 2.13. The fraction of sp³-hybridized carbons (Fsp3) is 0.500. The van der Waals surface area contributed by atoms with Crippen LogP contribution < -0.4 is 0 Å². The smallest absolute Gasteiger partial charge is 0.304 e. The Kier molecular flexibility index (Phi) is 3.09. The van der Waals surface area contributed by atoms with Crippen LogP contribution in [-0.4, -0.2) is 31.6 Å². The molecule has 1 aromatic rings. The predicted octanol–water partition coefficient (Wildman–Crippen LogP) is 0.382. The highest BCUT2D eigenvalue weighted by atomic mass is 32.2. The summed E-state index contributed by atoms with van der Waals surface area (Å²) in [6.07, 6.45) is 1.60. The normalized spacial score (nSPS) is 10.1. The van der Waals surface area contributed by atoms with Crippen molar-refractivity contribution in [3.05, 3.63) is 6.33 Å². The van der Waals surface area contributed by atoms with Gasteiger partial charge in [-0.1, -0.05) is 11.8 Å². The summed E-state index contributed by atoms with van der Waals surface area (Å²) in [6, 6.07) is 0. The maximum Gasteiger partial charge on any atom is 0.304 e. The second kappa shape index (κ2) is 4.10. The first kappa shape index (κ1) is 9.05. The summed E-state index contributed by atoms with van der Waals surface area (Å²) in [5.41, 5.74) is 0. The molecule has 1 N–H and O–H groups in total. The predicted molar refractivity (Wildman–Crippen MR) is 44.0 cm³/mol. The van der Waals surface area contributed by atoms with Crippen LogP contribution in [0.4, 0.5) is 0 Å². The summed E-state index contributed by atoms with van der Waals surface area (Å²) in [5, 5.41) is 13.0. The lowest BCUT2D eigenvalue weighted by Crippen LogP contribution is -1.98. The van der Waals surface area contributed by atoms with Crippen LogP contribution in [0.1, 0.15) is 6.42 Å². The van der Waals surface area contributed by atoms with Gasteiger partial charge in [-0.05, 0) is 0 Å². The number of carboxylic acid groups (broad SMARTS) is 1. The lowest BCUT2D eigenvalue weighted by atomic mass is 10.5. The highest BCUT2D eigenvalue weighted by molar-refractivity contribution is 7.99. The van der Waals surface area contributed by atoms with Crippen molar-refractivity contribution < 1.29 is 9.90 Å². The molecule has 5 nitrogen and oxygen atoms in total. The van der Waals surface area contributed by atoms with Gasteiger partial charge in [-0.15, -0.1) is 0 Å². The molecule has 0 fully saturated rings. The maximum absolute atomic E-state index is 10.2. The number of nitrogens with zero attached hydrogens (tertiary/aromatic N) is 3. The second-order valence-electron chi connectivity index (χ2n) is 2.16. The Labute approximate surface area is 73.8 Å². The van der Waals surface area contributed by atoms with Gasteiger partial charge in [0.15, 0.2) is 5.16 Å². The van der Waals surface area contributed by atoms with Crippen molar-refractivity contribution >= 4 is 17.7 Å². The Morgan fingerprint density at radius 2 is 2.58 bits per heavy atom. The van der Waals surface area contributed by atoms with E-state index in [0.717, 1.165) is 5.16 Å². The Morgan fingerprint density at radius 1 is 1.83 bits per heavy atom. The van der Waals surface area contributed by atoms with E-state index in [1.165, 1.54) is 18.1 Å². The second-order valence-corrected chi connectivity index (χ2v) is 3.22. The molecule has 0 amide bonds. The molecule has 1 rings (SSSR count). The van der Waals surface area contributed by atoms with Gasteiger partial charge in [0, 0.05) is 12.8 Å². The van der Waals surface area contributed by atoms with E-state index in [1.807, 2.05) is 0 Å². The van der Waals surface area contributed by atoms with E-state index < -0.39 is 5.97 Å². The van der Waals surface area contributed by atoms with Gasteiger partial charge in [-0.3, -0.25) is 4.79 Å². The van der Waals surface area contributed by atoms with Crippen LogP contribution in [0.5, 0.6) is 0 Å². The van der Waals surface area contributed by atoms with Gasteiger partial charge in [0.05, 0.1) is 6.42 Å². The lowest BCUT2D eigenvalue weighted by Gasteiger charge is -1.96. The standard InChI is InChI=1S/C6H9N3O2S/c1-9-6(7-4-8-9)12-3-2-5(10)11/h4H,2-3H2,1H3,(H,10,11). The van der Waals surface area contributed by atoms with Crippen molar-refractivity contribution in [2.24, 2.45) is 7.05 Å². The van der Waals surface area contributed by atoms with E-state index >= 15 is 0 Å². The summed E-state index contributed by atoms with van der Waals surface area (Å²) < 4.78 is 1.62. The molecule has 0 bridgehead atoms. The topological polar surface area (TPSA) is 68.0 Å². The first-order valence-electron chi connectivity index (χ1n) is 3.38.